The number of nitrogens with zero attached hydrogens (tertiary/aromatic N) is 2. The zero-order valence-electron chi connectivity index (χ0n) is 17.1. The first-order chi connectivity index (χ1) is 12.8. The van der Waals surface area contributed by atoms with E-state index >= 15 is 0 Å². The summed E-state index contributed by atoms with van der Waals surface area (Å²) >= 11 is 0. The van der Waals surface area contributed by atoms with Crippen LogP contribution in [0.1, 0.15) is 39.7 Å². The Morgan fingerprint density at radius 1 is 1.07 bits per heavy atom. The molecule has 27 heavy (non-hydrogen) atoms. The fourth-order valence-electron chi connectivity index (χ4n) is 2.97. The highest BCUT2D eigenvalue weighted by atomic mass is 16.5. The van der Waals surface area contributed by atoms with Crippen molar-refractivity contribution in [3.8, 4) is 5.75 Å². The van der Waals surface area contributed by atoms with Crippen molar-refractivity contribution in [2.24, 2.45) is 5.41 Å². The average Bonchev–Trinajstić information content (AvgIpc) is 2.65. The molecule has 0 atom stereocenters. The SMILES string of the molecule is CCCOc1ccc(CNC(=O)CN2CCN(C(=O)C(C)(C)C)CC2)cc1. The molecule has 0 unspecified atom stereocenters. The van der Waals surface area contributed by atoms with E-state index in [4.69, 9.17) is 4.74 Å². The molecule has 0 aliphatic carbocycles. The summed E-state index contributed by atoms with van der Waals surface area (Å²) < 4.78 is 5.56. The maximum absolute atomic E-state index is 12.3. The topological polar surface area (TPSA) is 61.9 Å². The van der Waals surface area contributed by atoms with Gasteiger partial charge in [0.2, 0.25) is 11.8 Å². The Balaban J connectivity index is 1.70. The second kappa shape index (κ2) is 9.74. The Kier molecular flexibility index (Phi) is 7.66. The van der Waals surface area contributed by atoms with E-state index in [9.17, 15) is 9.59 Å². The average molecular weight is 376 g/mol. The van der Waals surface area contributed by atoms with Crippen LogP contribution in [0.5, 0.6) is 5.75 Å². The van der Waals surface area contributed by atoms with E-state index in [2.05, 4.69) is 17.1 Å². The van der Waals surface area contributed by atoms with Gasteiger partial charge in [0.15, 0.2) is 0 Å². The number of amides is 2. The van der Waals surface area contributed by atoms with Gasteiger partial charge < -0.3 is 15.0 Å². The van der Waals surface area contributed by atoms with Gasteiger partial charge in [-0.3, -0.25) is 14.5 Å². The van der Waals surface area contributed by atoms with Gasteiger partial charge in [0.1, 0.15) is 5.75 Å². The summed E-state index contributed by atoms with van der Waals surface area (Å²) in [6.45, 7) is 12.3. The molecule has 1 aliphatic heterocycles. The molecule has 1 aliphatic rings. The van der Waals surface area contributed by atoms with Crippen molar-refractivity contribution in [3.05, 3.63) is 29.8 Å². The Labute approximate surface area is 162 Å². The summed E-state index contributed by atoms with van der Waals surface area (Å²) in [5.74, 6) is 1.05. The first-order valence-electron chi connectivity index (χ1n) is 9.79. The van der Waals surface area contributed by atoms with Crippen molar-refractivity contribution >= 4 is 11.8 Å². The summed E-state index contributed by atoms with van der Waals surface area (Å²) in [5.41, 5.74) is 0.698. The predicted molar refractivity (Wildman–Crippen MR) is 107 cm³/mol. The first-order valence-corrected chi connectivity index (χ1v) is 9.79. The summed E-state index contributed by atoms with van der Waals surface area (Å²) in [4.78, 5) is 28.5. The molecule has 2 amide bonds. The Bertz CT molecular complexity index is 615. The van der Waals surface area contributed by atoms with Crippen molar-refractivity contribution < 1.29 is 14.3 Å². The minimum Gasteiger partial charge on any atom is -0.494 e. The van der Waals surface area contributed by atoms with E-state index < -0.39 is 0 Å². The monoisotopic (exact) mass is 375 g/mol. The number of hydrogen-bond acceptors (Lipinski definition) is 4. The number of piperazine rings is 1. The standard InChI is InChI=1S/C21H33N3O3/c1-5-14-27-18-8-6-17(7-9-18)15-22-19(25)16-23-10-12-24(13-11-23)20(26)21(2,3)4/h6-9H,5,10-16H2,1-4H3,(H,22,25). The smallest absolute Gasteiger partial charge is 0.234 e. The summed E-state index contributed by atoms with van der Waals surface area (Å²) in [6.07, 6.45) is 0.983. The van der Waals surface area contributed by atoms with E-state index in [1.165, 1.54) is 0 Å². The molecule has 150 valence electrons. The van der Waals surface area contributed by atoms with E-state index in [0.717, 1.165) is 30.8 Å². The predicted octanol–water partition coefficient (Wildman–Crippen LogP) is 2.28. The molecule has 6 nitrogen and oxygen atoms in total. The molecule has 0 aromatic heterocycles. The number of ether oxygens (including phenoxy) is 1. The van der Waals surface area contributed by atoms with E-state index in [1.54, 1.807) is 0 Å². The number of hydrogen-bond donors (Lipinski definition) is 1. The number of carbonyl (C=O) groups is 2. The second-order valence-electron chi connectivity index (χ2n) is 8.09. The van der Waals surface area contributed by atoms with Gasteiger partial charge in [-0.15, -0.1) is 0 Å². The molecule has 1 aromatic carbocycles. The van der Waals surface area contributed by atoms with Gasteiger partial charge in [-0.1, -0.05) is 39.8 Å². The maximum Gasteiger partial charge on any atom is 0.234 e. The highest BCUT2D eigenvalue weighted by Gasteiger charge is 2.29. The summed E-state index contributed by atoms with van der Waals surface area (Å²) in [7, 11) is 0. The third kappa shape index (κ3) is 6.86. The normalized spacial score (nSPS) is 15.5. The van der Waals surface area contributed by atoms with Gasteiger partial charge >= 0.3 is 0 Å². The van der Waals surface area contributed by atoms with Crippen LogP contribution in [0.3, 0.4) is 0 Å². The van der Waals surface area contributed by atoms with Crippen LogP contribution in [0.15, 0.2) is 24.3 Å². The fourth-order valence-corrected chi connectivity index (χ4v) is 2.97. The molecule has 1 fully saturated rings. The highest BCUT2D eigenvalue weighted by molar-refractivity contribution is 5.81. The maximum atomic E-state index is 12.3. The number of nitrogens with one attached hydrogen (secondary N) is 1. The van der Waals surface area contributed by atoms with Crippen LogP contribution in [0.2, 0.25) is 0 Å². The van der Waals surface area contributed by atoms with Gasteiger partial charge in [-0.05, 0) is 24.1 Å². The molecule has 0 bridgehead atoms. The van der Waals surface area contributed by atoms with Gasteiger partial charge in [0.05, 0.1) is 13.2 Å². The van der Waals surface area contributed by atoms with Crippen LogP contribution in [0.4, 0.5) is 0 Å². The van der Waals surface area contributed by atoms with Crippen LogP contribution in [0, 0.1) is 5.41 Å². The quantitative estimate of drug-likeness (QED) is 0.794. The van der Waals surface area contributed by atoms with E-state index in [0.29, 0.717) is 32.8 Å². The lowest BCUT2D eigenvalue weighted by molar-refractivity contribution is -0.141. The summed E-state index contributed by atoms with van der Waals surface area (Å²) in [6, 6.07) is 7.81. The highest BCUT2D eigenvalue weighted by Crippen LogP contribution is 2.18. The number of carbonyl (C=O) groups excluding carboxylic acids is 2. The zero-order chi connectivity index (χ0) is 19.9. The lowest BCUT2D eigenvalue weighted by Gasteiger charge is -2.37. The van der Waals surface area contributed by atoms with Crippen LogP contribution in [-0.2, 0) is 16.1 Å². The summed E-state index contributed by atoms with van der Waals surface area (Å²) in [5, 5.41) is 2.97. The molecule has 1 N–H and O–H groups in total. The molecular weight excluding hydrogens is 342 g/mol. The minimum atomic E-state index is -0.351. The van der Waals surface area contributed by atoms with Crippen molar-refractivity contribution in [1.29, 1.82) is 0 Å². The Hall–Kier alpha value is -2.08. The van der Waals surface area contributed by atoms with Gasteiger partial charge in [0, 0.05) is 38.1 Å². The molecule has 1 aromatic rings. The van der Waals surface area contributed by atoms with Gasteiger partial charge in [-0.25, -0.2) is 0 Å². The van der Waals surface area contributed by atoms with Crippen LogP contribution >= 0.6 is 0 Å². The second-order valence-corrected chi connectivity index (χ2v) is 8.09. The zero-order valence-corrected chi connectivity index (χ0v) is 17.1. The van der Waals surface area contributed by atoms with Crippen LogP contribution in [0.25, 0.3) is 0 Å². The van der Waals surface area contributed by atoms with Crippen molar-refractivity contribution in [1.82, 2.24) is 15.1 Å². The van der Waals surface area contributed by atoms with Crippen molar-refractivity contribution in [2.75, 3.05) is 39.3 Å². The Morgan fingerprint density at radius 2 is 1.70 bits per heavy atom. The molecular formula is C21H33N3O3. The number of benzene rings is 1. The third-order valence-corrected chi connectivity index (χ3v) is 4.55. The Morgan fingerprint density at radius 3 is 2.26 bits per heavy atom. The van der Waals surface area contributed by atoms with E-state index in [1.807, 2.05) is 49.9 Å². The van der Waals surface area contributed by atoms with Crippen molar-refractivity contribution in [2.45, 2.75) is 40.7 Å². The first kappa shape index (κ1) is 21.2. The van der Waals surface area contributed by atoms with Crippen LogP contribution < -0.4 is 10.1 Å². The molecule has 1 saturated heterocycles. The lowest BCUT2D eigenvalue weighted by Crippen LogP contribution is -2.53. The molecule has 6 heteroatoms. The van der Waals surface area contributed by atoms with Crippen molar-refractivity contribution in [3.63, 3.8) is 0 Å². The van der Waals surface area contributed by atoms with Gasteiger partial charge in [-0.2, -0.15) is 0 Å². The molecule has 0 saturated carbocycles. The fraction of sp³-hybridized carbons (Fsp3) is 0.619. The van der Waals surface area contributed by atoms with Gasteiger partial charge in [0.25, 0.3) is 0 Å². The third-order valence-electron chi connectivity index (χ3n) is 4.55. The molecule has 0 spiro atoms. The molecule has 2 rings (SSSR count). The lowest BCUT2D eigenvalue weighted by atomic mass is 9.94. The molecule has 0 radical (unpaired) electrons. The number of rotatable bonds is 7. The minimum absolute atomic E-state index is 0.0110. The molecule has 1 heterocycles. The van der Waals surface area contributed by atoms with Crippen LogP contribution in [-0.4, -0.2) is 60.9 Å². The largest absolute Gasteiger partial charge is 0.494 e. The van der Waals surface area contributed by atoms with E-state index in [-0.39, 0.29) is 17.2 Å².